The van der Waals surface area contributed by atoms with E-state index in [4.69, 9.17) is 0 Å². The van der Waals surface area contributed by atoms with Crippen LogP contribution in [0.5, 0.6) is 0 Å². The van der Waals surface area contributed by atoms with E-state index in [1.54, 1.807) is 0 Å². The Morgan fingerprint density at radius 1 is 1.05 bits per heavy atom. The van der Waals surface area contributed by atoms with E-state index in [9.17, 15) is 0 Å². The summed E-state index contributed by atoms with van der Waals surface area (Å²) in [5, 5.41) is 6.39. The maximum atomic E-state index is 3.64. The maximum absolute atomic E-state index is 3.64. The van der Waals surface area contributed by atoms with Crippen LogP contribution in [0.1, 0.15) is 51.1 Å². The molecule has 112 valence electrons. The quantitative estimate of drug-likeness (QED) is 0.803. The number of hydrogen-bond donors (Lipinski definition) is 1. The molecular formula is C20H27N. The van der Waals surface area contributed by atoms with Gasteiger partial charge in [-0.3, -0.25) is 0 Å². The van der Waals surface area contributed by atoms with Crippen LogP contribution in [0.2, 0.25) is 0 Å². The minimum absolute atomic E-state index is 0.420. The highest BCUT2D eigenvalue weighted by molar-refractivity contribution is 5.86. The van der Waals surface area contributed by atoms with Crippen molar-refractivity contribution in [3.63, 3.8) is 0 Å². The van der Waals surface area contributed by atoms with Gasteiger partial charge in [0.05, 0.1) is 0 Å². The van der Waals surface area contributed by atoms with Crippen LogP contribution in [0.25, 0.3) is 10.8 Å². The van der Waals surface area contributed by atoms with Crippen molar-refractivity contribution >= 4 is 10.8 Å². The monoisotopic (exact) mass is 281 g/mol. The van der Waals surface area contributed by atoms with Crippen molar-refractivity contribution in [2.24, 2.45) is 11.3 Å². The zero-order valence-electron chi connectivity index (χ0n) is 13.5. The topological polar surface area (TPSA) is 12.0 Å². The third kappa shape index (κ3) is 2.72. The highest BCUT2D eigenvalue weighted by Gasteiger charge is 2.37. The molecular weight excluding hydrogens is 254 g/mol. The summed E-state index contributed by atoms with van der Waals surface area (Å²) in [6.07, 6.45) is 5.44. The highest BCUT2D eigenvalue weighted by Crippen LogP contribution is 2.47. The standard InChI is InChI=1S/C20H27N/c1-20(2)14-7-6-13-18(20)19(21-3)17-12-8-10-15-9-4-5-11-16(15)17/h4-5,8-12,18-19,21H,6-7,13-14H2,1-3H3. The van der Waals surface area contributed by atoms with Crippen molar-refractivity contribution in [1.82, 2.24) is 5.32 Å². The number of rotatable bonds is 3. The van der Waals surface area contributed by atoms with Crippen molar-refractivity contribution in [2.75, 3.05) is 7.05 Å². The summed E-state index contributed by atoms with van der Waals surface area (Å²) in [5.74, 6) is 0.710. The van der Waals surface area contributed by atoms with Crippen LogP contribution in [-0.2, 0) is 0 Å². The second kappa shape index (κ2) is 5.81. The molecule has 1 nitrogen and oxygen atoms in total. The molecule has 1 fully saturated rings. The first-order valence-corrected chi connectivity index (χ1v) is 8.28. The molecule has 0 aromatic heterocycles. The fourth-order valence-corrected chi connectivity index (χ4v) is 4.23. The van der Waals surface area contributed by atoms with E-state index in [0.717, 1.165) is 0 Å². The molecule has 0 heterocycles. The molecule has 2 unspecified atom stereocenters. The van der Waals surface area contributed by atoms with Crippen molar-refractivity contribution in [3.05, 3.63) is 48.0 Å². The molecule has 0 radical (unpaired) electrons. The third-order valence-corrected chi connectivity index (χ3v) is 5.46. The smallest absolute Gasteiger partial charge is 0.0357 e. The molecule has 0 aliphatic heterocycles. The summed E-state index contributed by atoms with van der Waals surface area (Å²) in [5.41, 5.74) is 1.89. The minimum Gasteiger partial charge on any atom is -0.313 e. The number of nitrogens with one attached hydrogen (secondary N) is 1. The number of fused-ring (bicyclic) bond motifs is 1. The van der Waals surface area contributed by atoms with Gasteiger partial charge >= 0.3 is 0 Å². The molecule has 0 bridgehead atoms. The Morgan fingerprint density at radius 3 is 2.57 bits per heavy atom. The fourth-order valence-electron chi connectivity index (χ4n) is 4.23. The van der Waals surface area contributed by atoms with Crippen LogP contribution in [0.3, 0.4) is 0 Å². The van der Waals surface area contributed by atoms with E-state index in [1.165, 1.54) is 42.0 Å². The van der Waals surface area contributed by atoms with Gasteiger partial charge in [0.2, 0.25) is 0 Å². The molecule has 2 atom stereocenters. The Kier molecular flexibility index (Phi) is 4.03. The molecule has 2 aromatic carbocycles. The van der Waals surface area contributed by atoms with Crippen LogP contribution < -0.4 is 5.32 Å². The average molecular weight is 281 g/mol. The van der Waals surface area contributed by atoms with Crippen molar-refractivity contribution in [1.29, 1.82) is 0 Å². The first kappa shape index (κ1) is 14.6. The summed E-state index contributed by atoms with van der Waals surface area (Å²) in [4.78, 5) is 0. The normalized spacial score (nSPS) is 23.1. The van der Waals surface area contributed by atoms with Crippen LogP contribution in [0.4, 0.5) is 0 Å². The first-order valence-electron chi connectivity index (χ1n) is 8.28. The lowest BCUT2D eigenvalue weighted by Gasteiger charge is -2.43. The third-order valence-electron chi connectivity index (χ3n) is 5.46. The van der Waals surface area contributed by atoms with Gasteiger partial charge < -0.3 is 5.32 Å². The second-order valence-electron chi connectivity index (χ2n) is 7.18. The maximum Gasteiger partial charge on any atom is 0.0357 e. The largest absolute Gasteiger partial charge is 0.313 e. The van der Waals surface area contributed by atoms with E-state index < -0.39 is 0 Å². The number of hydrogen-bond acceptors (Lipinski definition) is 1. The Bertz CT molecular complexity index is 609. The molecule has 0 amide bonds. The molecule has 1 aliphatic rings. The number of benzene rings is 2. The minimum atomic E-state index is 0.420. The second-order valence-corrected chi connectivity index (χ2v) is 7.18. The summed E-state index contributed by atoms with van der Waals surface area (Å²) >= 11 is 0. The predicted octanol–water partition coefficient (Wildman–Crippen LogP) is 5.32. The van der Waals surface area contributed by atoms with E-state index in [2.05, 4.69) is 68.7 Å². The van der Waals surface area contributed by atoms with E-state index in [1.807, 2.05) is 0 Å². The van der Waals surface area contributed by atoms with Gasteiger partial charge in [-0.1, -0.05) is 69.2 Å². The van der Waals surface area contributed by atoms with Gasteiger partial charge in [0.25, 0.3) is 0 Å². The molecule has 2 aromatic rings. The summed E-state index contributed by atoms with van der Waals surface area (Å²) in [6, 6.07) is 16.0. The average Bonchev–Trinajstić information content (AvgIpc) is 2.49. The van der Waals surface area contributed by atoms with Crippen LogP contribution >= 0.6 is 0 Å². The zero-order chi connectivity index (χ0) is 14.9. The summed E-state index contributed by atoms with van der Waals surface area (Å²) in [7, 11) is 2.12. The van der Waals surface area contributed by atoms with Gasteiger partial charge in [0.15, 0.2) is 0 Å². The van der Waals surface area contributed by atoms with Gasteiger partial charge in [0, 0.05) is 6.04 Å². The molecule has 0 spiro atoms. The lowest BCUT2D eigenvalue weighted by molar-refractivity contribution is 0.102. The van der Waals surface area contributed by atoms with Crippen molar-refractivity contribution in [2.45, 2.75) is 45.6 Å². The molecule has 1 aliphatic carbocycles. The zero-order valence-corrected chi connectivity index (χ0v) is 13.5. The molecule has 1 N–H and O–H groups in total. The van der Waals surface area contributed by atoms with Gasteiger partial charge in [-0.05, 0) is 47.6 Å². The lowest BCUT2D eigenvalue weighted by Crippen LogP contribution is -2.37. The van der Waals surface area contributed by atoms with Gasteiger partial charge in [-0.2, -0.15) is 0 Å². The first-order chi connectivity index (χ1) is 10.1. The van der Waals surface area contributed by atoms with Crippen molar-refractivity contribution < 1.29 is 0 Å². The molecule has 21 heavy (non-hydrogen) atoms. The predicted molar refractivity (Wildman–Crippen MR) is 91.5 cm³/mol. The Labute approximate surface area is 128 Å². The summed E-state index contributed by atoms with van der Waals surface area (Å²) in [6.45, 7) is 4.90. The Balaban J connectivity index is 2.06. The van der Waals surface area contributed by atoms with Crippen LogP contribution in [0.15, 0.2) is 42.5 Å². The van der Waals surface area contributed by atoms with E-state index in [0.29, 0.717) is 17.4 Å². The fraction of sp³-hybridized carbons (Fsp3) is 0.500. The lowest BCUT2D eigenvalue weighted by atomic mass is 9.64. The summed E-state index contributed by atoms with van der Waals surface area (Å²) < 4.78 is 0. The van der Waals surface area contributed by atoms with E-state index in [-0.39, 0.29) is 0 Å². The molecule has 0 saturated heterocycles. The Hall–Kier alpha value is -1.34. The van der Waals surface area contributed by atoms with Gasteiger partial charge in [-0.25, -0.2) is 0 Å². The Morgan fingerprint density at radius 2 is 1.81 bits per heavy atom. The highest BCUT2D eigenvalue weighted by atomic mass is 14.9. The SMILES string of the molecule is CNC(c1cccc2ccccc12)C1CCCCC1(C)C. The van der Waals surface area contributed by atoms with Crippen molar-refractivity contribution in [3.8, 4) is 0 Å². The van der Waals surface area contributed by atoms with Gasteiger partial charge in [0.1, 0.15) is 0 Å². The molecule has 1 heteroatoms. The van der Waals surface area contributed by atoms with Gasteiger partial charge in [-0.15, -0.1) is 0 Å². The van der Waals surface area contributed by atoms with Crippen LogP contribution in [0, 0.1) is 11.3 Å². The van der Waals surface area contributed by atoms with E-state index >= 15 is 0 Å². The van der Waals surface area contributed by atoms with Crippen LogP contribution in [-0.4, -0.2) is 7.05 Å². The molecule has 3 rings (SSSR count). The molecule has 1 saturated carbocycles.